The summed E-state index contributed by atoms with van der Waals surface area (Å²) in [5, 5.41) is 11.5. The van der Waals surface area contributed by atoms with Gasteiger partial charge in [-0.15, -0.1) is 0 Å². The van der Waals surface area contributed by atoms with E-state index in [1.54, 1.807) is 14.1 Å². The van der Waals surface area contributed by atoms with Crippen LogP contribution < -0.4 is 5.32 Å². The van der Waals surface area contributed by atoms with Crippen molar-refractivity contribution in [2.75, 3.05) is 27.2 Å². The van der Waals surface area contributed by atoms with Gasteiger partial charge in [0.05, 0.1) is 11.2 Å². The predicted molar refractivity (Wildman–Crippen MR) is 123 cm³/mol. The molecule has 160 valence electrons. The molecule has 1 saturated heterocycles. The molecule has 3 amide bonds. The fraction of sp³-hybridized carbons (Fsp3) is 0.292. The lowest BCUT2D eigenvalue weighted by molar-refractivity contribution is 0.0707. The second-order valence-electron chi connectivity index (χ2n) is 8.02. The Labute approximate surface area is 181 Å². The molecule has 2 heterocycles. The van der Waals surface area contributed by atoms with Crippen molar-refractivity contribution in [1.82, 2.24) is 25.3 Å². The van der Waals surface area contributed by atoms with E-state index < -0.39 is 0 Å². The van der Waals surface area contributed by atoms with Crippen molar-refractivity contribution in [1.29, 1.82) is 0 Å². The maximum absolute atomic E-state index is 12.8. The molecular weight excluding hydrogens is 390 g/mol. The first kappa shape index (κ1) is 20.7. The number of likely N-dealkylation sites (tertiary alicyclic amines) is 1. The van der Waals surface area contributed by atoms with Crippen LogP contribution >= 0.6 is 0 Å². The van der Waals surface area contributed by atoms with E-state index in [1.165, 1.54) is 4.90 Å². The van der Waals surface area contributed by atoms with E-state index in [1.807, 2.05) is 65.6 Å². The second-order valence-corrected chi connectivity index (χ2v) is 8.02. The van der Waals surface area contributed by atoms with Crippen LogP contribution in [0.5, 0.6) is 0 Å². The Bertz CT molecular complexity index is 1090. The second kappa shape index (κ2) is 9.04. The van der Waals surface area contributed by atoms with Crippen LogP contribution in [0, 0.1) is 0 Å². The van der Waals surface area contributed by atoms with Gasteiger partial charge in [0, 0.05) is 44.2 Å². The lowest BCUT2D eigenvalue weighted by Gasteiger charge is -2.33. The summed E-state index contributed by atoms with van der Waals surface area (Å²) in [6.07, 6.45) is 5.51. The van der Waals surface area contributed by atoms with Crippen molar-refractivity contribution in [3.05, 3.63) is 65.4 Å². The first-order chi connectivity index (χ1) is 15.0. The van der Waals surface area contributed by atoms with E-state index in [0.29, 0.717) is 18.7 Å². The molecule has 7 nitrogen and oxygen atoms in total. The van der Waals surface area contributed by atoms with E-state index in [0.717, 1.165) is 35.0 Å². The number of aromatic amines is 1. The molecule has 7 heteroatoms. The summed E-state index contributed by atoms with van der Waals surface area (Å²) in [7, 11) is 3.45. The molecule has 4 rings (SSSR count). The van der Waals surface area contributed by atoms with Gasteiger partial charge in [-0.1, -0.05) is 36.4 Å². The number of rotatable bonds is 4. The first-order valence-electron chi connectivity index (χ1n) is 10.5. The van der Waals surface area contributed by atoms with Gasteiger partial charge in [0.2, 0.25) is 0 Å². The number of fused-ring (bicyclic) bond motifs is 1. The van der Waals surface area contributed by atoms with Crippen LogP contribution in [0.2, 0.25) is 0 Å². The maximum Gasteiger partial charge on any atom is 0.317 e. The van der Waals surface area contributed by atoms with Gasteiger partial charge in [0.15, 0.2) is 0 Å². The summed E-state index contributed by atoms with van der Waals surface area (Å²) < 4.78 is 0. The lowest BCUT2D eigenvalue weighted by atomic mass is 10.0. The fourth-order valence-electron chi connectivity index (χ4n) is 3.74. The van der Waals surface area contributed by atoms with E-state index in [4.69, 9.17) is 0 Å². The monoisotopic (exact) mass is 417 g/mol. The number of nitrogens with one attached hydrogen (secondary N) is 2. The van der Waals surface area contributed by atoms with Crippen LogP contribution in [-0.2, 0) is 0 Å². The third-order valence-corrected chi connectivity index (χ3v) is 5.61. The molecule has 0 unspecified atom stereocenters. The number of para-hydroxylation sites is 1. The number of hydrogen-bond donors (Lipinski definition) is 2. The molecule has 1 aromatic heterocycles. The highest BCUT2D eigenvalue weighted by Crippen LogP contribution is 2.19. The number of carbonyl (C=O) groups is 2. The van der Waals surface area contributed by atoms with Crippen LogP contribution in [0.1, 0.15) is 34.5 Å². The van der Waals surface area contributed by atoms with Gasteiger partial charge >= 0.3 is 6.03 Å². The maximum atomic E-state index is 12.8. The van der Waals surface area contributed by atoms with Gasteiger partial charge in [-0.3, -0.25) is 9.89 Å². The van der Waals surface area contributed by atoms with Crippen molar-refractivity contribution in [2.45, 2.75) is 18.9 Å². The molecule has 1 fully saturated rings. The molecule has 0 saturated carbocycles. The van der Waals surface area contributed by atoms with E-state index in [9.17, 15) is 9.59 Å². The van der Waals surface area contributed by atoms with Crippen LogP contribution in [0.15, 0.2) is 48.5 Å². The molecule has 2 aromatic carbocycles. The van der Waals surface area contributed by atoms with E-state index in [-0.39, 0.29) is 18.0 Å². The molecular formula is C24H27N5O2. The van der Waals surface area contributed by atoms with Gasteiger partial charge in [-0.25, -0.2) is 4.79 Å². The number of piperidine rings is 1. The zero-order valence-electron chi connectivity index (χ0n) is 17.8. The molecule has 3 aromatic rings. The van der Waals surface area contributed by atoms with E-state index in [2.05, 4.69) is 15.5 Å². The molecule has 1 aliphatic rings. The van der Waals surface area contributed by atoms with Gasteiger partial charge in [0.25, 0.3) is 5.91 Å². The normalized spacial score (nSPS) is 14.8. The largest absolute Gasteiger partial charge is 0.338 e. The van der Waals surface area contributed by atoms with Crippen LogP contribution in [-0.4, -0.2) is 65.2 Å². The molecule has 0 spiro atoms. The fourth-order valence-corrected chi connectivity index (χ4v) is 3.74. The number of benzene rings is 2. The average molecular weight is 418 g/mol. The summed E-state index contributed by atoms with van der Waals surface area (Å²) in [5.74, 6) is 0.0335. The summed E-state index contributed by atoms with van der Waals surface area (Å²) >= 11 is 0. The van der Waals surface area contributed by atoms with Crippen LogP contribution in [0.25, 0.3) is 23.1 Å². The van der Waals surface area contributed by atoms with Crippen molar-refractivity contribution in [3.63, 3.8) is 0 Å². The highest BCUT2D eigenvalue weighted by Gasteiger charge is 2.24. The number of urea groups is 1. The minimum atomic E-state index is -0.0868. The number of aromatic nitrogens is 2. The third-order valence-electron chi connectivity index (χ3n) is 5.61. The zero-order valence-corrected chi connectivity index (χ0v) is 17.8. The van der Waals surface area contributed by atoms with Crippen LogP contribution in [0.3, 0.4) is 0 Å². The Kier molecular flexibility index (Phi) is 6.02. The SMILES string of the molecule is CN(C)C(=O)NC1CCN(C(=O)c2ccc(C=Cc3n[nH]c4ccccc34)cc2)CC1. The Morgan fingerprint density at radius 3 is 2.48 bits per heavy atom. The molecule has 1 aliphatic heterocycles. The van der Waals surface area contributed by atoms with Crippen molar-refractivity contribution >= 4 is 35.0 Å². The van der Waals surface area contributed by atoms with Crippen molar-refractivity contribution in [3.8, 4) is 0 Å². The van der Waals surface area contributed by atoms with Crippen LogP contribution in [0.4, 0.5) is 4.79 Å². The highest BCUT2D eigenvalue weighted by molar-refractivity contribution is 5.95. The summed E-state index contributed by atoms with van der Waals surface area (Å²) in [6, 6.07) is 15.7. The molecule has 0 atom stereocenters. The first-order valence-corrected chi connectivity index (χ1v) is 10.5. The molecule has 31 heavy (non-hydrogen) atoms. The lowest BCUT2D eigenvalue weighted by Crippen LogP contribution is -2.48. The molecule has 0 bridgehead atoms. The minimum absolute atomic E-state index is 0.0335. The minimum Gasteiger partial charge on any atom is -0.338 e. The molecule has 2 N–H and O–H groups in total. The quantitative estimate of drug-likeness (QED) is 0.680. The summed E-state index contributed by atoms with van der Waals surface area (Å²) in [5.41, 5.74) is 3.58. The zero-order chi connectivity index (χ0) is 21.8. The van der Waals surface area contributed by atoms with Gasteiger partial charge < -0.3 is 15.1 Å². The average Bonchev–Trinajstić information content (AvgIpc) is 3.21. The van der Waals surface area contributed by atoms with E-state index >= 15 is 0 Å². The van der Waals surface area contributed by atoms with Gasteiger partial charge in [0.1, 0.15) is 0 Å². The number of hydrogen-bond acceptors (Lipinski definition) is 3. The highest BCUT2D eigenvalue weighted by atomic mass is 16.2. The molecule has 0 aliphatic carbocycles. The Hall–Kier alpha value is -3.61. The predicted octanol–water partition coefficient (Wildman–Crippen LogP) is 3.61. The Morgan fingerprint density at radius 2 is 1.77 bits per heavy atom. The Balaban J connectivity index is 1.35. The standard InChI is InChI=1S/C24H27N5O2/c1-28(2)24(31)25-19-13-15-29(16-14-19)23(30)18-10-7-17(8-11-18)9-12-22-20-5-3-4-6-21(20)26-27-22/h3-12,19H,13-16H2,1-2H3,(H,25,31)(H,26,27). The van der Waals surface area contributed by atoms with Crippen molar-refractivity contribution < 1.29 is 9.59 Å². The number of H-pyrrole nitrogens is 1. The van der Waals surface area contributed by atoms with Gasteiger partial charge in [-0.2, -0.15) is 5.10 Å². The number of carbonyl (C=O) groups excluding carboxylic acids is 2. The number of amides is 3. The smallest absolute Gasteiger partial charge is 0.317 e. The van der Waals surface area contributed by atoms with Gasteiger partial charge in [-0.05, 0) is 42.7 Å². The summed E-state index contributed by atoms with van der Waals surface area (Å²) in [4.78, 5) is 28.0. The topological polar surface area (TPSA) is 81.3 Å². The Morgan fingerprint density at radius 1 is 1.06 bits per heavy atom. The molecule has 0 radical (unpaired) electrons. The summed E-state index contributed by atoms with van der Waals surface area (Å²) in [6.45, 7) is 1.29. The van der Waals surface area contributed by atoms with Crippen molar-refractivity contribution in [2.24, 2.45) is 0 Å². The number of nitrogens with zero attached hydrogens (tertiary/aromatic N) is 3. The third kappa shape index (κ3) is 4.77.